The van der Waals surface area contributed by atoms with Crippen LogP contribution in [-0.2, 0) is 17.6 Å². The zero-order valence-corrected chi connectivity index (χ0v) is 20.2. The summed E-state index contributed by atoms with van der Waals surface area (Å²) in [6.45, 7) is 2.74. The fourth-order valence-corrected chi connectivity index (χ4v) is 5.23. The molecule has 0 saturated carbocycles. The average molecular weight is 470 g/mol. The lowest BCUT2D eigenvalue weighted by molar-refractivity contribution is -0.128. The number of aromatic carboxylic acids is 1. The second kappa shape index (κ2) is 12.7. The summed E-state index contributed by atoms with van der Waals surface area (Å²) in [5, 5.41) is 19.6. The van der Waals surface area contributed by atoms with Crippen molar-refractivity contribution in [1.29, 1.82) is 0 Å². The van der Waals surface area contributed by atoms with Crippen LogP contribution in [0.2, 0.25) is 0 Å². The van der Waals surface area contributed by atoms with Crippen LogP contribution < -0.4 is 0 Å². The number of likely N-dealkylation sites (tertiary alicyclic amines) is 1. The molecule has 33 heavy (non-hydrogen) atoms. The van der Waals surface area contributed by atoms with Gasteiger partial charge in [0.25, 0.3) is 0 Å². The minimum absolute atomic E-state index is 0.0374. The topological polar surface area (TPSA) is 77.8 Å². The Balaban J connectivity index is 1.40. The van der Waals surface area contributed by atoms with Crippen molar-refractivity contribution in [3.05, 3.63) is 69.9 Å². The van der Waals surface area contributed by atoms with E-state index in [1.54, 1.807) is 6.07 Å². The van der Waals surface area contributed by atoms with Gasteiger partial charge >= 0.3 is 5.97 Å². The van der Waals surface area contributed by atoms with Gasteiger partial charge in [0, 0.05) is 17.8 Å². The minimum Gasteiger partial charge on any atom is -0.477 e. The number of aliphatic hydroxyl groups is 1. The first-order valence-corrected chi connectivity index (χ1v) is 12.8. The van der Waals surface area contributed by atoms with Gasteiger partial charge in [-0.05, 0) is 62.1 Å². The second-order valence-corrected chi connectivity index (χ2v) is 10.1. The number of carbonyl (C=O) groups is 2. The number of benzene rings is 1. The van der Waals surface area contributed by atoms with Crippen molar-refractivity contribution >= 4 is 23.2 Å². The number of carboxylic acids is 1. The molecule has 2 aromatic rings. The van der Waals surface area contributed by atoms with Crippen LogP contribution in [0.25, 0.3) is 0 Å². The van der Waals surface area contributed by atoms with Crippen molar-refractivity contribution in [3.8, 4) is 0 Å². The molecule has 2 heterocycles. The molecule has 5 nitrogen and oxygen atoms in total. The van der Waals surface area contributed by atoms with E-state index in [0.29, 0.717) is 17.8 Å². The molecular formula is C27H35NO4S. The van der Waals surface area contributed by atoms with Gasteiger partial charge in [0.05, 0.1) is 12.1 Å². The van der Waals surface area contributed by atoms with Crippen LogP contribution in [0.5, 0.6) is 0 Å². The smallest absolute Gasteiger partial charge is 0.345 e. The largest absolute Gasteiger partial charge is 0.477 e. The summed E-state index contributed by atoms with van der Waals surface area (Å²) in [6.07, 6.45) is 10.5. The Kier molecular flexibility index (Phi) is 9.70. The molecule has 1 aliphatic rings. The maximum atomic E-state index is 12.3. The number of hydrogen-bond acceptors (Lipinski definition) is 4. The Hall–Kier alpha value is -2.44. The molecule has 1 aromatic carbocycles. The van der Waals surface area contributed by atoms with Gasteiger partial charge in [0.15, 0.2) is 0 Å². The van der Waals surface area contributed by atoms with Gasteiger partial charge < -0.3 is 15.1 Å². The molecule has 0 bridgehead atoms. The lowest BCUT2D eigenvalue weighted by atomic mass is 9.95. The number of aliphatic hydroxyl groups excluding tert-OH is 1. The summed E-state index contributed by atoms with van der Waals surface area (Å²) in [4.78, 5) is 26.7. The molecule has 0 aliphatic carbocycles. The Morgan fingerprint density at radius 3 is 2.67 bits per heavy atom. The molecule has 3 atom stereocenters. The van der Waals surface area contributed by atoms with Crippen molar-refractivity contribution < 1.29 is 19.8 Å². The summed E-state index contributed by atoms with van der Waals surface area (Å²) in [7, 11) is 0. The number of nitrogens with zero attached hydrogens (tertiary/aromatic N) is 1. The fraction of sp³-hybridized carbons (Fsp3) is 0.481. The highest BCUT2D eigenvalue weighted by atomic mass is 32.1. The van der Waals surface area contributed by atoms with E-state index in [-0.39, 0.29) is 17.9 Å². The van der Waals surface area contributed by atoms with Gasteiger partial charge in [0.2, 0.25) is 5.91 Å². The SMILES string of the molecule is C[C@H](CCCCc1ccccc1)[C@H](O)/C=C/[C@H]1CCC(=O)N1CCCc1ccc(C(=O)O)s1. The van der Waals surface area contributed by atoms with E-state index in [1.165, 1.54) is 16.9 Å². The predicted molar refractivity (Wildman–Crippen MR) is 133 cm³/mol. The van der Waals surface area contributed by atoms with E-state index in [4.69, 9.17) is 5.11 Å². The Morgan fingerprint density at radius 1 is 1.15 bits per heavy atom. The first-order chi connectivity index (χ1) is 15.9. The van der Waals surface area contributed by atoms with E-state index < -0.39 is 12.1 Å². The summed E-state index contributed by atoms with van der Waals surface area (Å²) in [6, 6.07) is 14.0. The molecule has 3 rings (SSSR count). The average Bonchev–Trinajstić information content (AvgIpc) is 3.43. The third-order valence-corrected chi connectivity index (χ3v) is 7.53. The standard InChI is InChI=1S/C27H35NO4S/c1-20(8-5-6-11-21-9-3-2-4-10-21)24(29)16-13-22-14-18-26(30)28(22)19-7-12-23-15-17-25(33-23)27(31)32/h2-4,9-10,13,15-17,20,22,24,29H,5-8,11-12,14,18-19H2,1H3,(H,31,32)/b16-13+/t20-,22+,24-/m1/s1. The van der Waals surface area contributed by atoms with Crippen LogP contribution >= 0.6 is 11.3 Å². The van der Waals surface area contributed by atoms with Crippen LogP contribution in [0.1, 0.15) is 65.6 Å². The molecule has 6 heteroatoms. The summed E-state index contributed by atoms with van der Waals surface area (Å²) in [5.74, 6) is -0.550. The van der Waals surface area contributed by atoms with Crippen LogP contribution in [0.15, 0.2) is 54.6 Å². The zero-order chi connectivity index (χ0) is 23.6. The van der Waals surface area contributed by atoms with Crippen molar-refractivity contribution in [2.45, 2.75) is 70.4 Å². The third kappa shape index (κ3) is 7.83. The molecule has 2 N–H and O–H groups in total. The molecular weight excluding hydrogens is 434 g/mol. The van der Waals surface area contributed by atoms with Gasteiger partial charge in [0.1, 0.15) is 4.88 Å². The first kappa shape index (κ1) is 25.2. The minimum atomic E-state index is -0.893. The number of carbonyl (C=O) groups excluding carboxylic acids is 1. The van der Waals surface area contributed by atoms with Crippen LogP contribution in [-0.4, -0.2) is 45.7 Å². The Morgan fingerprint density at radius 2 is 1.94 bits per heavy atom. The van der Waals surface area contributed by atoms with Crippen LogP contribution in [0, 0.1) is 5.92 Å². The number of amides is 1. The molecule has 0 spiro atoms. The van der Waals surface area contributed by atoms with E-state index in [2.05, 4.69) is 31.2 Å². The monoisotopic (exact) mass is 469 g/mol. The molecule has 1 aromatic heterocycles. The Labute approximate surface area is 200 Å². The highest BCUT2D eigenvalue weighted by Crippen LogP contribution is 2.23. The van der Waals surface area contributed by atoms with Gasteiger partial charge in [-0.3, -0.25) is 4.79 Å². The van der Waals surface area contributed by atoms with Crippen LogP contribution in [0.4, 0.5) is 0 Å². The molecule has 1 aliphatic heterocycles. The van der Waals surface area contributed by atoms with E-state index >= 15 is 0 Å². The number of hydrogen-bond donors (Lipinski definition) is 2. The van der Waals surface area contributed by atoms with E-state index in [1.807, 2.05) is 29.2 Å². The normalized spacial score (nSPS) is 18.2. The third-order valence-electron chi connectivity index (χ3n) is 6.40. The number of carboxylic acid groups (broad SMARTS) is 1. The zero-order valence-electron chi connectivity index (χ0n) is 19.4. The number of rotatable bonds is 13. The van der Waals surface area contributed by atoms with Crippen molar-refractivity contribution in [1.82, 2.24) is 4.90 Å². The number of unbranched alkanes of at least 4 members (excludes halogenated alkanes) is 1. The maximum Gasteiger partial charge on any atom is 0.345 e. The molecule has 0 radical (unpaired) electrons. The van der Waals surface area contributed by atoms with Gasteiger partial charge in [-0.25, -0.2) is 4.79 Å². The van der Waals surface area contributed by atoms with E-state index in [9.17, 15) is 14.7 Å². The highest BCUT2D eigenvalue weighted by Gasteiger charge is 2.28. The molecule has 1 amide bonds. The summed E-state index contributed by atoms with van der Waals surface area (Å²) < 4.78 is 0. The number of aryl methyl sites for hydroxylation is 2. The van der Waals surface area contributed by atoms with Crippen molar-refractivity contribution in [3.63, 3.8) is 0 Å². The first-order valence-electron chi connectivity index (χ1n) is 12.0. The Bertz CT molecular complexity index is 923. The summed E-state index contributed by atoms with van der Waals surface area (Å²) >= 11 is 1.30. The second-order valence-electron chi connectivity index (χ2n) is 8.95. The predicted octanol–water partition coefficient (Wildman–Crippen LogP) is 5.34. The molecule has 178 valence electrons. The quantitative estimate of drug-likeness (QED) is 0.307. The van der Waals surface area contributed by atoms with Gasteiger partial charge in [-0.1, -0.05) is 55.8 Å². The number of thiophene rings is 1. The van der Waals surface area contributed by atoms with Crippen molar-refractivity contribution in [2.24, 2.45) is 5.92 Å². The van der Waals surface area contributed by atoms with Crippen molar-refractivity contribution in [2.75, 3.05) is 6.54 Å². The highest BCUT2D eigenvalue weighted by molar-refractivity contribution is 7.13. The van der Waals surface area contributed by atoms with Gasteiger partial charge in [-0.15, -0.1) is 11.3 Å². The van der Waals surface area contributed by atoms with Gasteiger partial charge in [-0.2, -0.15) is 0 Å². The summed E-state index contributed by atoms with van der Waals surface area (Å²) in [5.41, 5.74) is 1.36. The lowest BCUT2D eigenvalue weighted by Gasteiger charge is -2.23. The van der Waals surface area contributed by atoms with Crippen LogP contribution in [0.3, 0.4) is 0 Å². The van der Waals surface area contributed by atoms with E-state index in [0.717, 1.165) is 49.8 Å². The fourth-order valence-electron chi connectivity index (χ4n) is 4.34. The molecule has 1 saturated heterocycles. The maximum absolute atomic E-state index is 12.3. The lowest BCUT2D eigenvalue weighted by Crippen LogP contribution is -2.33. The molecule has 0 unspecified atom stereocenters. The molecule has 1 fully saturated rings.